The number of piperidine rings is 1. The molecule has 1 aromatic rings. The molecule has 1 fully saturated rings. The molecule has 2 heterocycles. The SMILES string of the molecule is CC(O)(CN=C(N)N1CCCCC1)c1ccco1. The molecule has 18 heavy (non-hydrogen) atoms. The Hall–Kier alpha value is -1.49. The van der Waals surface area contributed by atoms with Gasteiger partial charge in [-0.05, 0) is 38.3 Å². The van der Waals surface area contributed by atoms with Crippen LogP contribution in [0.2, 0.25) is 0 Å². The first-order chi connectivity index (χ1) is 8.59. The van der Waals surface area contributed by atoms with Gasteiger partial charge >= 0.3 is 0 Å². The smallest absolute Gasteiger partial charge is 0.191 e. The topological polar surface area (TPSA) is 75.0 Å². The molecule has 1 aliphatic heterocycles. The molecule has 0 aliphatic carbocycles. The van der Waals surface area contributed by atoms with Crippen LogP contribution in [-0.4, -0.2) is 35.6 Å². The van der Waals surface area contributed by atoms with Crippen molar-refractivity contribution < 1.29 is 9.52 Å². The average molecular weight is 251 g/mol. The lowest BCUT2D eigenvalue weighted by molar-refractivity contribution is 0.0435. The maximum Gasteiger partial charge on any atom is 0.191 e. The summed E-state index contributed by atoms with van der Waals surface area (Å²) in [5, 5.41) is 10.2. The Labute approximate surface area is 107 Å². The van der Waals surface area contributed by atoms with Crippen molar-refractivity contribution in [2.75, 3.05) is 19.6 Å². The van der Waals surface area contributed by atoms with E-state index in [1.807, 2.05) is 0 Å². The third kappa shape index (κ3) is 3.04. The molecular formula is C13H21N3O2. The summed E-state index contributed by atoms with van der Waals surface area (Å²) in [6.45, 7) is 3.80. The number of nitrogens with zero attached hydrogens (tertiary/aromatic N) is 2. The molecule has 1 aromatic heterocycles. The highest BCUT2D eigenvalue weighted by atomic mass is 16.4. The van der Waals surface area contributed by atoms with Crippen LogP contribution in [0.1, 0.15) is 31.9 Å². The van der Waals surface area contributed by atoms with Gasteiger partial charge in [-0.1, -0.05) is 0 Å². The maximum atomic E-state index is 10.2. The minimum absolute atomic E-state index is 0.211. The van der Waals surface area contributed by atoms with Gasteiger partial charge in [0.1, 0.15) is 11.4 Å². The summed E-state index contributed by atoms with van der Waals surface area (Å²) in [6.07, 6.45) is 5.12. The number of likely N-dealkylation sites (tertiary alicyclic amines) is 1. The van der Waals surface area contributed by atoms with Crippen molar-refractivity contribution in [1.29, 1.82) is 0 Å². The molecule has 1 unspecified atom stereocenters. The number of nitrogens with two attached hydrogens (primary N) is 1. The zero-order valence-corrected chi connectivity index (χ0v) is 10.8. The molecule has 0 spiro atoms. The number of hydrogen-bond donors (Lipinski definition) is 2. The van der Waals surface area contributed by atoms with E-state index in [-0.39, 0.29) is 6.54 Å². The monoisotopic (exact) mass is 251 g/mol. The minimum Gasteiger partial charge on any atom is -0.466 e. The highest BCUT2D eigenvalue weighted by Gasteiger charge is 2.26. The van der Waals surface area contributed by atoms with Crippen LogP contribution in [-0.2, 0) is 5.60 Å². The van der Waals surface area contributed by atoms with Crippen LogP contribution in [0.4, 0.5) is 0 Å². The van der Waals surface area contributed by atoms with Crippen LogP contribution >= 0.6 is 0 Å². The minimum atomic E-state index is -1.11. The first kappa shape index (κ1) is 13.0. The van der Waals surface area contributed by atoms with Gasteiger partial charge in [-0.15, -0.1) is 0 Å². The largest absolute Gasteiger partial charge is 0.466 e. The van der Waals surface area contributed by atoms with Gasteiger partial charge in [-0.2, -0.15) is 0 Å². The number of hydrogen-bond acceptors (Lipinski definition) is 3. The van der Waals surface area contributed by atoms with Crippen LogP contribution in [0.5, 0.6) is 0 Å². The van der Waals surface area contributed by atoms with E-state index in [2.05, 4.69) is 9.89 Å². The van der Waals surface area contributed by atoms with Crippen molar-refractivity contribution in [3.05, 3.63) is 24.2 Å². The molecule has 2 rings (SSSR count). The van der Waals surface area contributed by atoms with Crippen LogP contribution in [0.25, 0.3) is 0 Å². The molecule has 1 aliphatic rings. The maximum absolute atomic E-state index is 10.2. The summed E-state index contributed by atoms with van der Waals surface area (Å²) in [4.78, 5) is 6.36. The van der Waals surface area contributed by atoms with Gasteiger partial charge in [0.15, 0.2) is 5.96 Å². The molecule has 0 amide bonds. The highest BCUT2D eigenvalue weighted by Crippen LogP contribution is 2.21. The van der Waals surface area contributed by atoms with Crippen molar-refractivity contribution in [1.82, 2.24) is 4.90 Å². The van der Waals surface area contributed by atoms with Gasteiger partial charge in [0, 0.05) is 13.1 Å². The van der Waals surface area contributed by atoms with Crippen LogP contribution in [0.15, 0.2) is 27.8 Å². The molecule has 100 valence electrons. The third-order valence-corrected chi connectivity index (χ3v) is 3.28. The lowest BCUT2D eigenvalue weighted by Crippen LogP contribution is -2.41. The van der Waals surface area contributed by atoms with Crippen LogP contribution < -0.4 is 5.73 Å². The second-order valence-electron chi connectivity index (χ2n) is 4.97. The molecule has 1 saturated heterocycles. The standard InChI is InChI=1S/C13H21N3O2/c1-13(17,11-6-5-9-18-11)10-15-12(14)16-7-3-2-4-8-16/h5-6,9,17H,2-4,7-8,10H2,1H3,(H2,14,15). The van der Waals surface area contributed by atoms with Crippen molar-refractivity contribution in [3.8, 4) is 0 Å². The van der Waals surface area contributed by atoms with Crippen LogP contribution in [0.3, 0.4) is 0 Å². The van der Waals surface area contributed by atoms with E-state index >= 15 is 0 Å². The van der Waals surface area contributed by atoms with Crippen molar-refractivity contribution in [2.45, 2.75) is 31.8 Å². The van der Waals surface area contributed by atoms with Gasteiger partial charge in [-0.25, -0.2) is 4.99 Å². The molecule has 0 radical (unpaired) electrons. The van der Waals surface area contributed by atoms with Crippen molar-refractivity contribution in [2.24, 2.45) is 10.7 Å². The van der Waals surface area contributed by atoms with E-state index in [0.29, 0.717) is 11.7 Å². The molecule has 1 atom stereocenters. The first-order valence-corrected chi connectivity index (χ1v) is 6.41. The Morgan fingerprint density at radius 2 is 2.22 bits per heavy atom. The molecule has 0 saturated carbocycles. The van der Waals surface area contributed by atoms with E-state index in [1.165, 1.54) is 6.42 Å². The fourth-order valence-corrected chi connectivity index (χ4v) is 2.12. The quantitative estimate of drug-likeness (QED) is 0.627. The lowest BCUT2D eigenvalue weighted by Gasteiger charge is -2.28. The fraction of sp³-hybridized carbons (Fsp3) is 0.615. The Morgan fingerprint density at radius 3 is 2.83 bits per heavy atom. The molecule has 0 aromatic carbocycles. The van der Waals surface area contributed by atoms with Crippen molar-refractivity contribution in [3.63, 3.8) is 0 Å². The zero-order valence-electron chi connectivity index (χ0n) is 10.8. The Balaban J connectivity index is 1.96. The number of aliphatic imine (C=N–C) groups is 1. The summed E-state index contributed by atoms with van der Waals surface area (Å²) < 4.78 is 5.20. The summed E-state index contributed by atoms with van der Waals surface area (Å²) >= 11 is 0. The normalized spacial score (nSPS) is 20.8. The molecule has 0 bridgehead atoms. The molecule has 3 N–H and O–H groups in total. The average Bonchev–Trinajstić information content (AvgIpc) is 2.92. The van der Waals surface area contributed by atoms with Gasteiger partial charge in [0.25, 0.3) is 0 Å². The number of furan rings is 1. The molecular weight excluding hydrogens is 230 g/mol. The predicted octanol–water partition coefficient (Wildman–Crippen LogP) is 1.29. The Morgan fingerprint density at radius 1 is 1.50 bits per heavy atom. The number of aliphatic hydroxyl groups is 1. The van der Waals surface area contributed by atoms with Crippen LogP contribution in [0, 0.1) is 0 Å². The predicted molar refractivity (Wildman–Crippen MR) is 70.2 cm³/mol. The summed E-state index contributed by atoms with van der Waals surface area (Å²) in [6, 6.07) is 3.49. The second kappa shape index (κ2) is 5.44. The van der Waals surface area contributed by atoms with Gasteiger partial charge < -0.3 is 20.2 Å². The third-order valence-electron chi connectivity index (χ3n) is 3.28. The lowest BCUT2D eigenvalue weighted by atomic mass is 10.0. The zero-order chi connectivity index (χ0) is 13.0. The number of guanidine groups is 1. The Kier molecular flexibility index (Phi) is 3.91. The van der Waals surface area contributed by atoms with E-state index < -0.39 is 5.60 Å². The summed E-state index contributed by atoms with van der Waals surface area (Å²) in [7, 11) is 0. The van der Waals surface area contributed by atoms with Gasteiger partial charge in [0.05, 0.1) is 12.8 Å². The van der Waals surface area contributed by atoms with Gasteiger partial charge in [-0.3, -0.25) is 0 Å². The summed E-state index contributed by atoms with van der Waals surface area (Å²) in [5.41, 5.74) is 4.84. The second-order valence-corrected chi connectivity index (χ2v) is 4.97. The summed E-state index contributed by atoms with van der Waals surface area (Å²) in [5.74, 6) is 1.03. The van der Waals surface area contributed by atoms with Gasteiger partial charge in [0.2, 0.25) is 0 Å². The first-order valence-electron chi connectivity index (χ1n) is 6.41. The van der Waals surface area contributed by atoms with E-state index in [4.69, 9.17) is 10.2 Å². The molecule has 5 heteroatoms. The van der Waals surface area contributed by atoms with Crippen molar-refractivity contribution >= 4 is 5.96 Å². The van der Waals surface area contributed by atoms with E-state index in [1.54, 1.807) is 25.3 Å². The van der Waals surface area contributed by atoms with E-state index in [0.717, 1.165) is 25.9 Å². The number of rotatable bonds is 3. The fourth-order valence-electron chi connectivity index (χ4n) is 2.12. The Bertz CT molecular complexity index is 392. The van der Waals surface area contributed by atoms with E-state index in [9.17, 15) is 5.11 Å². The highest BCUT2D eigenvalue weighted by molar-refractivity contribution is 5.78. The molecule has 5 nitrogen and oxygen atoms in total.